The summed E-state index contributed by atoms with van der Waals surface area (Å²) in [6.45, 7) is 1.93. The van der Waals surface area contributed by atoms with Crippen LogP contribution in [0.2, 0.25) is 0 Å². The van der Waals surface area contributed by atoms with Crippen LogP contribution in [0.4, 0.5) is 5.82 Å². The van der Waals surface area contributed by atoms with Crippen molar-refractivity contribution >= 4 is 28.5 Å². The van der Waals surface area contributed by atoms with Crippen molar-refractivity contribution in [1.29, 1.82) is 5.26 Å². The maximum Gasteiger partial charge on any atom is 0.308 e. The number of ether oxygens (including phenoxy) is 1. The van der Waals surface area contributed by atoms with Gasteiger partial charge < -0.3 is 10.1 Å². The highest BCUT2D eigenvalue weighted by atomic mass is 16.5. The normalized spacial score (nSPS) is 19.6. The van der Waals surface area contributed by atoms with Crippen molar-refractivity contribution < 1.29 is 9.53 Å². The van der Waals surface area contributed by atoms with Crippen molar-refractivity contribution in [1.82, 2.24) is 9.38 Å². The Morgan fingerprint density at radius 1 is 1.38 bits per heavy atom. The Morgan fingerprint density at radius 3 is 2.96 bits per heavy atom. The lowest BCUT2D eigenvalue weighted by atomic mass is 10.1. The van der Waals surface area contributed by atoms with E-state index in [1.807, 2.05) is 41.7 Å². The van der Waals surface area contributed by atoms with Gasteiger partial charge in [-0.1, -0.05) is 12.1 Å². The van der Waals surface area contributed by atoms with Crippen molar-refractivity contribution in [2.75, 3.05) is 12.4 Å². The number of nitriles is 1. The highest BCUT2D eigenvalue weighted by Crippen LogP contribution is 2.32. The van der Waals surface area contributed by atoms with E-state index < -0.39 is 0 Å². The first kappa shape index (κ1) is 16.4. The third-order valence-electron chi connectivity index (χ3n) is 5.20. The molecule has 26 heavy (non-hydrogen) atoms. The summed E-state index contributed by atoms with van der Waals surface area (Å²) in [5.41, 5.74) is 3.96. The summed E-state index contributed by atoms with van der Waals surface area (Å²) in [4.78, 5) is 16.5. The van der Waals surface area contributed by atoms with Crippen LogP contribution in [0.3, 0.4) is 0 Å². The number of carbonyl (C=O) groups excluding carboxylic acids is 1. The number of esters is 1. The molecule has 132 valence electrons. The van der Waals surface area contributed by atoms with Gasteiger partial charge in [0.2, 0.25) is 0 Å². The van der Waals surface area contributed by atoms with Gasteiger partial charge in [-0.05, 0) is 49.9 Å². The minimum Gasteiger partial charge on any atom is -0.469 e. The largest absolute Gasteiger partial charge is 0.469 e. The van der Waals surface area contributed by atoms with Crippen molar-refractivity contribution in [3.63, 3.8) is 0 Å². The second kappa shape index (κ2) is 6.34. The number of anilines is 1. The first-order valence-corrected chi connectivity index (χ1v) is 8.77. The van der Waals surface area contributed by atoms with E-state index in [2.05, 4.69) is 16.4 Å². The second-order valence-electron chi connectivity index (χ2n) is 6.83. The molecule has 1 saturated carbocycles. The molecule has 1 aliphatic carbocycles. The molecule has 0 amide bonds. The van der Waals surface area contributed by atoms with Crippen LogP contribution in [0.25, 0.3) is 16.7 Å². The number of aryl methyl sites for hydroxylation is 1. The van der Waals surface area contributed by atoms with Gasteiger partial charge in [-0.25, -0.2) is 4.98 Å². The molecule has 6 nitrogen and oxygen atoms in total. The van der Waals surface area contributed by atoms with Gasteiger partial charge >= 0.3 is 5.97 Å². The van der Waals surface area contributed by atoms with E-state index >= 15 is 0 Å². The first-order chi connectivity index (χ1) is 12.6. The van der Waals surface area contributed by atoms with E-state index in [-0.39, 0.29) is 17.9 Å². The molecule has 0 spiro atoms. The van der Waals surface area contributed by atoms with Crippen LogP contribution in [0.5, 0.6) is 0 Å². The molecule has 0 saturated heterocycles. The fraction of sp³-hybridized carbons (Fsp3) is 0.350. The number of nitrogens with zero attached hydrogens (tertiary/aromatic N) is 3. The Hall–Kier alpha value is -3.07. The maximum atomic E-state index is 11.8. The average Bonchev–Trinajstić information content (AvgIpc) is 3.25. The van der Waals surface area contributed by atoms with E-state index in [0.29, 0.717) is 11.2 Å². The third-order valence-corrected chi connectivity index (χ3v) is 5.20. The van der Waals surface area contributed by atoms with Crippen LogP contribution in [-0.2, 0) is 9.53 Å². The lowest BCUT2D eigenvalue weighted by Gasteiger charge is -2.17. The standard InChI is InChI=1S/C20H20N4O2/c1-12-9-18(22-14-8-7-13(10-14)20(25)26-2)24-17-6-4-3-5-16(17)23-19(24)15(12)11-21/h3-6,9,13-14,22H,7-8,10H2,1-2H3/t13-,14+/m0/s1. The number of hydrogen-bond donors (Lipinski definition) is 1. The Labute approximate surface area is 151 Å². The van der Waals surface area contributed by atoms with E-state index in [9.17, 15) is 10.1 Å². The van der Waals surface area contributed by atoms with Gasteiger partial charge in [0.1, 0.15) is 11.9 Å². The molecule has 1 N–H and O–H groups in total. The van der Waals surface area contributed by atoms with Gasteiger partial charge in [-0.3, -0.25) is 9.20 Å². The quantitative estimate of drug-likeness (QED) is 0.734. The first-order valence-electron chi connectivity index (χ1n) is 8.77. The number of pyridine rings is 1. The van der Waals surface area contributed by atoms with Crippen molar-refractivity contribution in [2.24, 2.45) is 5.92 Å². The average molecular weight is 348 g/mol. The fourth-order valence-corrected chi connectivity index (χ4v) is 3.90. The number of rotatable bonds is 3. The number of benzene rings is 1. The summed E-state index contributed by atoms with van der Waals surface area (Å²) in [7, 11) is 1.44. The van der Waals surface area contributed by atoms with Gasteiger partial charge in [0.05, 0.1) is 29.6 Å². The summed E-state index contributed by atoms with van der Waals surface area (Å²) in [6, 6.07) is 12.3. The zero-order valence-corrected chi connectivity index (χ0v) is 14.8. The SMILES string of the molecule is COC(=O)[C@H]1CC[C@@H](Nc2cc(C)c(C#N)c3nc4ccccc4n23)C1. The number of hydrogen-bond acceptors (Lipinski definition) is 5. The molecule has 4 rings (SSSR count). The summed E-state index contributed by atoms with van der Waals surface area (Å²) < 4.78 is 6.89. The predicted octanol–water partition coefficient (Wildman–Crippen LogP) is 3.42. The molecule has 2 heterocycles. The topological polar surface area (TPSA) is 79.4 Å². The lowest BCUT2D eigenvalue weighted by Crippen LogP contribution is -2.20. The minimum absolute atomic E-state index is 0.0491. The number of methoxy groups -OCH3 is 1. The van der Waals surface area contributed by atoms with E-state index in [1.165, 1.54) is 7.11 Å². The van der Waals surface area contributed by atoms with E-state index in [0.717, 1.165) is 41.7 Å². The summed E-state index contributed by atoms with van der Waals surface area (Å²) >= 11 is 0. The molecule has 0 aliphatic heterocycles. The third kappa shape index (κ3) is 2.57. The Kier molecular flexibility index (Phi) is 4.00. The fourth-order valence-electron chi connectivity index (χ4n) is 3.90. The van der Waals surface area contributed by atoms with Gasteiger partial charge in [-0.2, -0.15) is 5.26 Å². The van der Waals surface area contributed by atoms with Crippen LogP contribution in [-0.4, -0.2) is 28.5 Å². The molecular weight excluding hydrogens is 328 g/mol. The summed E-state index contributed by atoms with van der Waals surface area (Å²) in [5, 5.41) is 13.1. The van der Waals surface area contributed by atoms with Crippen LogP contribution in [0.1, 0.15) is 30.4 Å². The Bertz CT molecular complexity index is 1050. The molecule has 2 atom stereocenters. The van der Waals surface area contributed by atoms with Crippen LogP contribution in [0, 0.1) is 24.2 Å². The molecule has 0 bridgehead atoms. The Morgan fingerprint density at radius 2 is 2.19 bits per heavy atom. The van der Waals surface area contributed by atoms with Crippen LogP contribution >= 0.6 is 0 Å². The second-order valence-corrected chi connectivity index (χ2v) is 6.83. The molecule has 2 aromatic heterocycles. The number of fused-ring (bicyclic) bond motifs is 3. The van der Waals surface area contributed by atoms with Crippen molar-refractivity contribution in [2.45, 2.75) is 32.2 Å². The van der Waals surface area contributed by atoms with Crippen molar-refractivity contribution in [3.8, 4) is 6.07 Å². The van der Waals surface area contributed by atoms with E-state index in [4.69, 9.17) is 4.74 Å². The highest BCUT2D eigenvalue weighted by molar-refractivity contribution is 5.85. The zero-order valence-electron chi connectivity index (χ0n) is 14.8. The van der Waals surface area contributed by atoms with E-state index in [1.54, 1.807) is 0 Å². The summed E-state index contributed by atoms with van der Waals surface area (Å²) in [6.07, 6.45) is 2.49. The van der Waals surface area contributed by atoms with Gasteiger partial charge in [0, 0.05) is 6.04 Å². The van der Waals surface area contributed by atoms with Gasteiger partial charge in [0.25, 0.3) is 0 Å². The number of imidazole rings is 1. The zero-order chi connectivity index (χ0) is 18.3. The molecule has 3 aromatic rings. The van der Waals surface area contributed by atoms with Crippen LogP contribution in [0.15, 0.2) is 30.3 Å². The lowest BCUT2D eigenvalue weighted by molar-refractivity contribution is -0.145. The molecule has 0 radical (unpaired) electrons. The predicted molar refractivity (Wildman–Crippen MR) is 98.9 cm³/mol. The smallest absolute Gasteiger partial charge is 0.308 e. The van der Waals surface area contributed by atoms with Crippen molar-refractivity contribution in [3.05, 3.63) is 41.5 Å². The minimum atomic E-state index is -0.136. The Balaban J connectivity index is 1.78. The highest BCUT2D eigenvalue weighted by Gasteiger charge is 2.31. The molecule has 1 aromatic carbocycles. The van der Waals surface area contributed by atoms with Crippen LogP contribution < -0.4 is 5.32 Å². The number of aromatic nitrogens is 2. The van der Waals surface area contributed by atoms with Gasteiger partial charge in [-0.15, -0.1) is 0 Å². The molecular formula is C20H20N4O2. The number of nitrogens with one attached hydrogen (secondary N) is 1. The molecule has 1 fully saturated rings. The van der Waals surface area contributed by atoms with Gasteiger partial charge in [0.15, 0.2) is 5.65 Å². The number of para-hydroxylation sites is 2. The maximum absolute atomic E-state index is 11.8. The molecule has 0 unspecified atom stereocenters. The molecule has 1 aliphatic rings. The monoisotopic (exact) mass is 348 g/mol. The summed E-state index contributed by atoms with van der Waals surface area (Å²) in [5.74, 6) is 0.719. The number of carbonyl (C=O) groups is 1. The molecule has 6 heteroatoms.